The lowest BCUT2D eigenvalue weighted by Crippen LogP contribution is -2.13. The van der Waals surface area contributed by atoms with Crippen LogP contribution in [0, 0.1) is 13.8 Å². The molecule has 0 saturated carbocycles. The third-order valence-electron chi connectivity index (χ3n) is 2.80. The second-order valence-corrected chi connectivity index (χ2v) is 5.81. The maximum absolute atomic E-state index is 12.6. The average Bonchev–Trinajstić information content (AvgIpc) is 2.93. The van der Waals surface area contributed by atoms with Gasteiger partial charge in [-0.2, -0.15) is 0 Å². The van der Waals surface area contributed by atoms with Crippen LogP contribution in [0.4, 0.5) is 0 Å². The summed E-state index contributed by atoms with van der Waals surface area (Å²) in [5, 5.41) is 3.67. The van der Waals surface area contributed by atoms with Crippen LogP contribution in [-0.2, 0) is 10.0 Å². The number of pyridine rings is 1. The fourth-order valence-corrected chi connectivity index (χ4v) is 3.57. The first-order valence-electron chi connectivity index (χ1n) is 5.47. The SMILES string of the molecule is Cc1noc(C)c1S(=O)(=O)n1cnc2cnccc21. The van der Waals surface area contributed by atoms with Crippen LogP contribution >= 0.6 is 0 Å². The Labute approximate surface area is 108 Å². The Morgan fingerprint density at radius 1 is 1.32 bits per heavy atom. The van der Waals surface area contributed by atoms with E-state index in [2.05, 4.69) is 15.1 Å². The van der Waals surface area contributed by atoms with Gasteiger partial charge in [0.05, 0.1) is 11.7 Å². The molecule has 3 heterocycles. The van der Waals surface area contributed by atoms with Crippen molar-refractivity contribution in [2.45, 2.75) is 18.7 Å². The minimum atomic E-state index is -3.77. The Morgan fingerprint density at radius 2 is 2.11 bits per heavy atom. The molecular formula is C11H10N4O3S. The van der Waals surface area contributed by atoms with E-state index in [0.29, 0.717) is 16.7 Å². The summed E-state index contributed by atoms with van der Waals surface area (Å²) in [4.78, 5) is 8.00. The molecule has 0 aromatic carbocycles. The van der Waals surface area contributed by atoms with E-state index in [4.69, 9.17) is 4.52 Å². The number of imidazole rings is 1. The van der Waals surface area contributed by atoms with Gasteiger partial charge >= 0.3 is 0 Å². The van der Waals surface area contributed by atoms with E-state index in [1.165, 1.54) is 18.7 Å². The van der Waals surface area contributed by atoms with Gasteiger partial charge < -0.3 is 4.52 Å². The molecule has 0 aliphatic rings. The molecule has 0 N–H and O–H groups in total. The highest BCUT2D eigenvalue weighted by Crippen LogP contribution is 2.24. The molecular weight excluding hydrogens is 268 g/mol. The quantitative estimate of drug-likeness (QED) is 0.701. The van der Waals surface area contributed by atoms with Gasteiger partial charge in [0.25, 0.3) is 10.0 Å². The Balaban J connectivity index is 2.32. The van der Waals surface area contributed by atoms with Crippen molar-refractivity contribution in [2.75, 3.05) is 0 Å². The first-order chi connectivity index (χ1) is 9.01. The minimum absolute atomic E-state index is 0.0728. The summed E-state index contributed by atoms with van der Waals surface area (Å²) >= 11 is 0. The van der Waals surface area contributed by atoms with E-state index in [1.807, 2.05) is 0 Å². The Bertz CT molecular complexity index is 844. The molecule has 0 atom stereocenters. The maximum Gasteiger partial charge on any atom is 0.274 e. The minimum Gasteiger partial charge on any atom is -0.360 e. The molecule has 0 fully saturated rings. The first-order valence-corrected chi connectivity index (χ1v) is 6.91. The summed E-state index contributed by atoms with van der Waals surface area (Å²) in [6.45, 7) is 3.15. The largest absolute Gasteiger partial charge is 0.360 e. The van der Waals surface area contributed by atoms with Crippen LogP contribution in [0.3, 0.4) is 0 Å². The van der Waals surface area contributed by atoms with Gasteiger partial charge in [-0.1, -0.05) is 5.16 Å². The summed E-state index contributed by atoms with van der Waals surface area (Å²) in [7, 11) is -3.77. The van der Waals surface area contributed by atoms with E-state index in [1.54, 1.807) is 19.9 Å². The number of rotatable bonds is 2. The summed E-state index contributed by atoms with van der Waals surface area (Å²) in [6, 6.07) is 1.60. The van der Waals surface area contributed by atoms with Crippen LogP contribution in [0.5, 0.6) is 0 Å². The smallest absolute Gasteiger partial charge is 0.274 e. The molecule has 0 spiro atoms. The summed E-state index contributed by atoms with van der Waals surface area (Å²) in [5.74, 6) is 0.258. The van der Waals surface area contributed by atoms with Crippen LogP contribution in [0.25, 0.3) is 11.0 Å². The van der Waals surface area contributed by atoms with Crippen molar-refractivity contribution in [2.24, 2.45) is 0 Å². The standard InChI is InChI=1S/C11H10N4O3S/c1-7-11(8(2)18-14-7)19(16,17)15-6-13-9-5-12-4-3-10(9)15/h3-6H,1-2H3. The first kappa shape index (κ1) is 11.8. The average molecular weight is 278 g/mol. The molecule has 0 unspecified atom stereocenters. The van der Waals surface area contributed by atoms with Crippen molar-refractivity contribution in [1.29, 1.82) is 0 Å². The van der Waals surface area contributed by atoms with Gasteiger partial charge in [-0.3, -0.25) is 4.98 Å². The molecule has 0 amide bonds. The highest BCUT2D eigenvalue weighted by atomic mass is 32.2. The number of hydrogen-bond donors (Lipinski definition) is 0. The van der Waals surface area contributed by atoms with Crippen molar-refractivity contribution in [1.82, 2.24) is 19.1 Å². The molecule has 0 aliphatic heterocycles. The Kier molecular flexibility index (Phi) is 2.42. The third-order valence-corrected chi connectivity index (χ3v) is 4.71. The van der Waals surface area contributed by atoms with Crippen LogP contribution in [-0.4, -0.2) is 27.5 Å². The highest BCUT2D eigenvalue weighted by molar-refractivity contribution is 7.90. The zero-order chi connectivity index (χ0) is 13.6. The topological polar surface area (TPSA) is 90.9 Å². The lowest BCUT2D eigenvalue weighted by molar-refractivity contribution is 0.390. The second-order valence-electron chi connectivity index (χ2n) is 4.06. The van der Waals surface area contributed by atoms with Crippen molar-refractivity contribution >= 4 is 21.1 Å². The van der Waals surface area contributed by atoms with Gasteiger partial charge in [0.1, 0.15) is 17.5 Å². The van der Waals surface area contributed by atoms with Crippen molar-refractivity contribution in [3.05, 3.63) is 36.2 Å². The van der Waals surface area contributed by atoms with Crippen molar-refractivity contribution in [3.8, 4) is 0 Å². The Morgan fingerprint density at radius 3 is 2.79 bits per heavy atom. The number of aryl methyl sites for hydroxylation is 2. The molecule has 3 aromatic rings. The lowest BCUT2D eigenvalue weighted by atomic mass is 10.4. The lowest BCUT2D eigenvalue weighted by Gasteiger charge is -2.05. The van der Waals surface area contributed by atoms with Crippen LogP contribution in [0.15, 0.2) is 34.2 Å². The number of nitrogens with zero attached hydrogens (tertiary/aromatic N) is 4. The van der Waals surface area contributed by atoms with Crippen LogP contribution in [0.1, 0.15) is 11.5 Å². The molecule has 0 bridgehead atoms. The fourth-order valence-electron chi connectivity index (χ4n) is 1.97. The number of aromatic nitrogens is 4. The highest BCUT2D eigenvalue weighted by Gasteiger charge is 2.27. The van der Waals surface area contributed by atoms with E-state index >= 15 is 0 Å². The van der Waals surface area contributed by atoms with E-state index in [-0.39, 0.29) is 10.7 Å². The van der Waals surface area contributed by atoms with Gasteiger partial charge in [0, 0.05) is 6.20 Å². The van der Waals surface area contributed by atoms with E-state index in [0.717, 1.165) is 3.97 Å². The fraction of sp³-hybridized carbons (Fsp3) is 0.182. The van der Waals surface area contributed by atoms with Crippen molar-refractivity contribution < 1.29 is 12.9 Å². The summed E-state index contributed by atoms with van der Waals surface area (Å²) in [5.41, 5.74) is 1.31. The normalized spacial score (nSPS) is 12.1. The van der Waals surface area contributed by atoms with Crippen LogP contribution in [0.2, 0.25) is 0 Å². The summed E-state index contributed by atoms with van der Waals surface area (Å²) in [6.07, 6.45) is 4.28. The van der Waals surface area contributed by atoms with Crippen molar-refractivity contribution in [3.63, 3.8) is 0 Å². The molecule has 8 heteroatoms. The van der Waals surface area contributed by atoms with E-state index < -0.39 is 10.0 Å². The summed E-state index contributed by atoms with van der Waals surface area (Å²) < 4.78 is 31.3. The predicted molar refractivity (Wildman–Crippen MR) is 66.1 cm³/mol. The molecule has 19 heavy (non-hydrogen) atoms. The van der Waals surface area contributed by atoms with Gasteiger partial charge in [-0.05, 0) is 19.9 Å². The van der Waals surface area contributed by atoms with Crippen LogP contribution < -0.4 is 0 Å². The van der Waals surface area contributed by atoms with Gasteiger partial charge in [-0.15, -0.1) is 0 Å². The zero-order valence-electron chi connectivity index (χ0n) is 10.2. The predicted octanol–water partition coefficient (Wildman–Crippen LogP) is 1.27. The third kappa shape index (κ3) is 1.64. The molecule has 3 rings (SSSR count). The van der Waals surface area contributed by atoms with Gasteiger partial charge in [0.2, 0.25) is 0 Å². The molecule has 0 saturated heterocycles. The molecule has 7 nitrogen and oxygen atoms in total. The molecule has 0 aliphatic carbocycles. The number of fused-ring (bicyclic) bond motifs is 1. The van der Waals surface area contributed by atoms with Gasteiger partial charge in [-0.25, -0.2) is 17.4 Å². The number of hydrogen-bond acceptors (Lipinski definition) is 6. The maximum atomic E-state index is 12.6. The zero-order valence-corrected chi connectivity index (χ0v) is 11.0. The van der Waals surface area contributed by atoms with Gasteiger partial charge in [0.15, 0.2) is 10.7 Å². The molecule has 98 valence electrons. The Hall–Kier alpha value is -2.22. The monoisotopic (exact) mass is 278 g/mol. The molecule has 3 aromatic heterocycles. The second kappa shape index (κ2) is 3.89. The van der Waals surface area contributed by atoms with E-state index in [9.17, 15) is 8.42 Å². The molecule has 0 radical (unpaired) electrons.